The van der Waals surface area contributed by atoms with Gasteiger partial charge >= 0.3 is 11.9 Å². The van der Waals surface area contributed by atoms with Gasteiger partial charge in [0.2, 0.25) is 0 Å². The molecule has 4 unspecified atom stereocenters. The number of carbonyl (C=O) groups is 2. The van der Waals surface area contributed by atoms with Crippen LogP contribution in [0.25, 0.3) is 0 Å². The normalized spacial score (nSPS) is 39.7. The molecule has 2 aliphatic carbocycles. The molecule has 0 radical (unpaired) electrons. The maximum atomic E-state index is 11.8. The highest BCUT2D eigenvalue weighted by Crippen LogP contribution is 2.55. The molecule has 8 nitrogen and oxygen atoms in total. The van der Waals surface area contributed by atoms with Gasteiger partial charge in [-0.25, -0.2) is 0 Å². The molecule has 0 aliphatic heterocycles. The van der Waals surface area contributed by atoms with Gasteiger partial charge in [-0.05, 0) is 6.42 Å². The fraction of sp³-hybridized carbons (Fsp3) is 0.818. The van der Waals surface area contributed by atoms with Gasteiger partial charge in [-0.2, -0.15) is 9.81 Å². The number of hydrogen-bond acceptors (Lipinski definition) is 8. The van der Waals surface area contributed by atoms with E-state index in [4.69, 9.17) is 0 Å². The molecule has 0 spiro atoms. The van der Waals surface area contributed by atoms with Crippen molar-refractivity contribution in [3.8, 4) is 0 Å². The van der Waals surface area contributed by atoms with E-state index >= 15 is 0 Å². The second-order valence-corrected chi connectivity index (χ2v) is 4.85. The second kappa shape index (κ2) is 5.02. The van der Waals surface area contributed by atoms with Crippen LogP contribution in [0.1, 0.15) is 6.42 Å². The molecule has 19 heavy (non-hydrogen) atoms. The molecule has 2 aliphatic rings. The molecule has 0 N–H and O–H groups in total. The number of hydrogen-bond donors (Lipinski definition) is 0. The molecule has 0 amide bonds. The minimum atomic E-state index is -0.868. The zero-order chi connectivity index (χ0) is 14.2. The standard InChI is InChI=1S/C11H14N2O6/c1-18-10(14)6-4-3-5(7(6)11(15)19-2)9(13-17)8(4)12-16/h4-9H,3H2,1-2H3/t4?,5?,6-,7-,8?,9?/m1/s1. The predicted molar refractivity (Wildman–Crippen MR) is 61.8 cm³/mol. The van der Waals surface area contributed by atoms with Crippen molar-refractivity contribution in [3.63, 3.8) is 0 Å². The van der Waals surface area contributed by atoms with Gasteiger partial charge < -0.3 is 9.47 Å². The summed E-state index contributed by atoms with van der Waals surface area (Å²) in [6.07, 6.45) is 0.381. The van der Waals surface area contributed by atoms with Crippen LogP contribution in [0.4, 0.5) is 0 Å². The highest BCUT2D eigenvalue weighted by Gasteiger charge is 2.65. The van der Waals surface area contributed by atoms with Crippen molar-refractivity contribution in [2.24, 2.45) is 34.0 Å². The molecule has 0 aromatic carbocycles. The Balaban J connectivity index is 2.37. The lowest BCUT2D eigenvalue weighted by atomic mass is 9.74. The summed E-state index contributed by atoms with van der Waals surface area (Å²) in [6.45, 7) is 0. The minimum absolute atomic E-state index is 0.381. The van der Waals surface area contributed by atoms with Gasteiger partial charge in [0.05, 0.1) is 26.1 Å². The van der Waals surface area contributed by atoms with Crippen molar-refractivity contribution in [3.05, 3.63) is 9.81 Å². The van der Waals surface area contributed by atoms with Crippen molar-refractivity contribution in [1.29, 1.82) is 0 Å². The topological polar surface area (TPSA) is 111 Å². The van der Waals surface area contributed by atoms with Crippen LogP contribution in [-0.4, -0.2) is 38.2 Å². The van der Waals surface area contributed by atoms with E-state index in [9.17, 15) is 19.4 Å². The molecule has 2 saturated carbocycles. The van der Waals surface area contributed by atoms with Crippen molar-refractivity contribution in [1.82, 2.24) is 0 Å². The Morgan fingerprint density at radius 2 is 1.26 bits per heavy atom. The largest absolute Gasteiger partial charge is 0.469 e. The number of carbonyl (C=O) groups excluding carboxylic acids is 2. The van der Waals surface area contributed by atoms with Crippen molar-refractivity contribution in [2.45, 2.75) is 18.5 Å². The van der Waals surface area contributed by atoms with E-state index in [2.05, 4.69) is 19.8 Å². The third-order valence-electron chi connectivity index (χ3n) is 4.27. The van der Waals surface area contributed by atoms with E-state index in [1.54, 1.807) is 0 Å². The monoisotopic (exact) mass is 270 g/mol. The molecular weight excluding hydrogens is 256 g/mol. The molecule has 0 saturated heterocycles. The van der Waals surface area contributed by atoms with Crippen LogP contribution >= 0.6 is 0 Å². The minimum Gasteiger partial charge on any atom is -0.469 e. The SMILES string of the molecule is COC(=O)[C@@H]1C2CC(C(N=O)C2N=O)[C@H]1C(=O)OC. The molecule has 2 fully saturated rings. The van der Waals surface area contributed by atoms with E-state index < -0.39 is 47.7 Å². The van der Waals surface area contributed by atoms with Gasteiger partial charge in [-0.15, -0.1) is 0 Å². The first-order chi connectivity index (χ1) is 9.10. The second-order valence-electron chi connectivity index (χ2n) is 4.85. The van der Waals surface area contributed by atoms with E-state index in [1.165, 1.54) is 14.2 Å². The summed E-state index contributed by atoms with van der Waals surface area (Å²) in [5.41, 5.74) is 0. The van der Waals surface area contributed by atoms with Gasteiger partial charge in [0, 0.05) is 11.8 Å². The van der Waals surface area contributed by atoms with Gasteiger partial charge in [-0.1, -0.05) is 10.4 Å². The Kier molecular flexibility index (Phi) is 3.59. The predicted octanol–water partition coefficient (Wildman–Crippen LogP) is 0.484. The fourth-order valence-corrected chi connectivity index (χ4v) is 3.55. The van der Waals surface area contributed by atoms with Crippen LogP contribution in [0.5, 0.6) is 0 Å². The van der Waals surface area contributed by atoms with Crippen LogP contribution in [0, 0.1) is 33.5 Å². The quantitative estimate of drug-likeness (QED) is 0.542. The van der Waals surface area contributed by atoms with Gasteiger partial charge in [0.25, 0.3) is 0 Å². The molecule has 6 atom stereocenters. The number of nitrogens with zero attached hydrogens (tertiary/aromatic N) is 2. The number of rotatable bonds is 4. The number of esters is 2. The van der Waals surface area contributed by atoms with Gasteiger partial charge in [0.15, 0.2) is 0 Å². The highest BCUT2D eigenvalue weighted by molar-refractivity contribution is 5.84. The smallest absolute Gasteiger partial charge is 0.309 e. The lowest BCUT2D eigenvalue weighted by Crippen LogP contribution is -2.46. The summed E-state index contributed by atoms with van der Waals surface area (Å²) in [6, 6.07) is -1.74. The number of methoxy groups -OCH3 is 2. The van der Waals surface area contributed by atoms with Crippen molar-refractivity contribution < 1.29 is 19.1 Å². The lowest BCUT2D eigenvalue weighted by Gasteiger charge is -2.31. The molecule has 8 heteroatoms. The van der Waals surface area contributed by atoms with E-state index in [0.717, 1.165) is 0 Å². The highest BCUT2D eigenvalue weighted by atomic mass is 16.5. The third-order valence-corrected chi connectivity index (χ3v) is 4.27. The van der Waals surface area contributed by atoms with E-state index in [0.29, 0.717) is 6.42 Å². The van der Waals surface area contributed by atoms with Crippen LogP contribution in [0.2, 0.25) is 0 Å². The van der Waals surface area contributed by atoms with Crippen LogP contribution in [0.15, 0.2) is 10.4 Å². The van der Waals surface area contributed by atoms with E-state index in [-0.39, 0.29) is 0 Å². The molecule has 0 heterocycles. The van der Waals surface area contributed by atoms with Crippen LogP contribution < -0.4 is 0 Å². The summed E-state index contributed by atoms with van der Waals surface area (Å²) in [7, 11) is 2.42. The first-order valence-electron chi connectivity index (χ1n) is 5.91. The summed E-state index contributed by atoms with van der Waals surface area (Å²) in [5, 5.41) is 5.81. The molecule has 2 rings (SSSR count). The Hall–Kier alpha value is -1.86. The molecule has 2 bridgehead atoms. The molecular formula is C11H14N2O6. The fourth-order valence-electron chi connectivity index (χ4n) is 3.55. The van der Waals surface area contributed by atoms with Gasteiger partial charge in [0.1, 0.15) is 12.1 Å². The summed E-state index contributed by atoms with van der Waals surface area (Å²) in [5.74, 6) is -3.71. The van der Waals surface area contributed by atoms with Crippen LogP contribution in [-0.2, 0) is 19.1 Å². The third kappa shape index (κ3) is 1.82. The van der Waals surface area contributed by atoms with Crippen molar-refractivity contribution in [2.75, 3.05) is 14.2 Å². The number of nitroso groups, excluding NO2 is 2. The zero-order valence-corrected chi connectivity index (χ0v) is 10.5. The molecule has 0 aromatic heterocycles. The number of ether oxygens (including phenoxy) is 2. The Morgan fingerprint density at radius 3 is 1.53 bits per heavy atom. The lowest BCUT2D eigenvalue weighted by molar-refractivity contribution is -0.160. The first kappa shape index (κ1) is 13.6. The maximum absolute atomic E-state index is 11.8. The number of fused-ring (bicyclic) bond motifs is 2. The Labute approximate surface area is 108 Å². The summed E-state index contributed by atoms with van der Waals surface area (Å²) in [4.78, 5) is 45.3. The maximum Gasteiger partial charge on any atom is 0.309 e. The molecule has 104 valence electrons. The molecule has 0 aromatic rings. The summed E-state index contributed by atoms with van der Waals surface area (Å²) >= 11 is 0. The van der Waals surface area contributed by atoms with Gasteiger partial charge in [-0.3, -0.25) is 9.59 Å². The first-order valence-corrected chi connectivity index (χ1v) is 5.91. The van der Waals surface area contributed by atoms with Crippen LogP contribution in [0.3, 0.4) is 0 Å². The summed E-state index contributed by atoms with van der Waals surface area (Å²) < 4.78 is 9.35. The average Bonchev–Trinajstić information content (AvgIpc) is 2.99. The van der Waals surface area contributed by atoms with Crippen molar-refractivity contribution >= 4 is 11.9 Å². The average molecular weight is 270 g/mol. The Morgan fingerprint density at radius 1 is 0.895 bits per heavy atom. The van der Waals surface area contributed by atoms with E-state index in [1.807, 2.05) is 0 Å². The Bertz CT molecular complexity index is 387. The zero-order valence-electron chi connectivity index (χ0n) is 10.5.